The molecule has 1 saturated heterocycles. The molecule has 1 aliphatic heterocycles. The molecule has 1 fully saturated rings. The van der Waals surface area contributed by atoms with Crippen LogP contribution in [0.1, 0.15) is 34.1 Å². The van der Waals surface area contributed by atoms with Crippen molar-refractivity contribution in [3.8, 4) is 0 Å². The van der Waals surface area contributed by atoms with E-state index in [2.05, 4.69) is 26.1 Å². The number of rotatable bonds is 1. The molecule has 14 heavy (non-hydrogen) atoms. The molecule has 1 unspecified atom stereocenters. The second-order valence-corrected chi connectivity index (χ2v) is 4.84. The summed E-state index contributed by atoms with van der Waals surface area (Å²) in [4.78, 5) is 24.1. The number of carbonyl (C=O) groups excluding carboxylic acids is 2. The van der Waals surface area contributed by atoms with E-state index in [1.807, 2.05) is 6.92 Å². The van der Waals surface area contributed by atoms with Gasteiger partial charge in [0.15, 0.2) is 0 Å². The van der Waals surface area contributed by atoms with Gasteiger partial charge in [0.05, 0.1) is 0 Å². The van der Waals surface area contributed by atoms with E-state index in [4.69, 9.17) is 0 Å². The molecule has 0 spiro atoms. The summed E-state index contributed by atoms with van der Waals surface area (Å²) in [6, 6.07) is -0.126. The quantitative estimate of drug-likeness (QED) is 0.691. The van der Waals surface area contributed by atoms with E-state index in [0.29, 0.717) is 13.0 Å². The topological polar surface area (TPSA) is 49.4 Å². The van der Waals surface area contributed by atoms with Gasteiger partial charge in [0, 0.05) is 19.0 Å². The van der Waals surface area contributed by atoms with Crippen molar-refractivity contribution >= 4 is 11.9 Å². The highest BCUT2D eigenvalue weighted by Crippen LogP contribution is 2.24. The molecule has 0 aromatic heterocycles. The Morgan fingerprint density at radius 3 is 2.36 bits per heavy atom. The SMILES string of the molecule is CC(N1CCC(=O)NC1=O)C(C)(C)C. The number of amides is 3. The van der Waals surface area contributed by atoms with Gasteiger partial charge in [-0.15, -0.1) is 0 Å². The van der Waals surface area contributed by atoms with Crippen LogP contribution in [0.5, 0.6) is 0 Å². The Morgan fingerprint density at radius 1 is 1.36 bits per heavy atom. The second kappa shape index (κ2) is 3.59. The van der Waals surface area contributed by atoms with E-state index in [9.17, 15) is 9.59 Å². The van der Waals surface area contributed by atoms with Crippen molar-refractivity contribution in [1.29, 1.82) is 0 Å². The summed E-state index contributed by atoms with van der Waals surface area (Å²) in [5, 5.41) is 2.33. The maximum absolute atomic E-state index is 11.5. The molecule has 0 bridgehead atoms. The number of hydrogen-bond donors (Lipinski definition) is 1. The van der Waals surface area contributed by atoms with Gasteiger partial charge in [-0.3, -0.25) is 10.1 Å². The second-order valence-electron chi connectivity index (χ2n) is 4.84. The molecule has 0 radical (unpaired) electrons. The van der Waals surface area contributed by atoms with E-state index in [-0.39, 0.29) is 23.4 Å². The van der Waals surface area contributed by atoms with Crippen LogP contribution in [-0.4, -0.2) is 29.4 Å². The molecule has 1 heterocycles. The van der Waals surface area contributed by atoms with Gasteiger partial charge in [-0.2, -0.15) is 0 Å². The van der Waals surface area contributed by atoms with E-state index in [1.54, 1.807) is 4.90 Å². The molecule has 1 atom stereocenters. The van der Waals surface area contributed by atoms with Crippen LogP contribution >= 0.6 is 0 Å². The van der Waals surface area contributed by atoms with Crippen LogP contribution in [0.15, 0.2) is 0 Å². The molecule has 0 saturated carbocycles. The van der Waals surface area contributed by atoms with Gasteiger partial charge >= 0.3 is 6.03 Å². The zero-order chi connectivity index (χ0) is 10.9. The van der Waals surface area contributed by atoms with Gasteiger partial charge in [-0.05, 0) is 12.3 Å². The van der Waals surface area contributed by atoms with E-state index >= 15 is 0 Å². The highest BCUT2D eigenvalue weighted by Gasteiger charge is 2.32. The summed E-state index contributed by atoms with van der Waals surface area (Å²) in [7, 11) is 0. The van der Waals surface area contributed by atoms with E-state index in [1.165, 1.54) is 0 Å². The Labute approximate surface area is 84.7 Å². The molecule has 1 rings (SSSR count). The zero-order valence-corrected chi connectivity index (χ0v) is 9.26. The third-order valence-electron chi connectivity index (χ3n) is 2.81. The largest absolute Gasteiger partial charge is 0.324 e. The third kappa shape index (κ3) is 2.25. The van der Waals surface area contributed by atoms with Gasteiger partial charge < -0.3 is 4.90 Å². The predicted molar refractivity (Wildman–Crippen MR) is 53.8 cm³/mol. The van der Waals surface area contributed by atoms with Crippen molar-refractivity contribution in [2.45, 2.75) is 40.2 Å². The highest BCUT2D eigenvalue weighted by molar-refractivity contribution is 5.96. The lowest BCUT2D eigenvalue weighted by Gasteiger charge is -2.39. The minimum absolute atomic E-state index is 0.0394. The Bertz CT molecular complexity index is 255. The first-order chi connectivity index (χ1) is 6.32. The Kier molecular flexibility index (Phi) is 2.83. The molecule has 4 nitrogen and oxygen atoms in total. The lowest BCUT2D eigenvalue weighted by atomic mass is 9.86. The van der Waals surface area contributed by atoms with Crippen LogP contribution < -0.4 is 5.32 Å². The lowest BCUT2D eigenvalue weighted by Crippen LogP contribution is -2.55. The number of hydrogen-bond acceptors (Lipinski definition) is 2. The van der Waals surface area contributed by atoms with Crippen molar-refractivity contribution in [3.05, 3.63) is 0 Å². The Morgan fingerprint density at radius 2 is 1.93 bits per heavy atom. The van der Waals surface area contributed by atoms with Crippen LogP contribution in [-0.2, 0) is 4.79 Å². The van der Waals surface area contributed by atoms with Crippen LogP contribution in [0.3, 0.4) is 0 Å². The summed E-state index contributed by atoms with van der Waals surface area (Å²) in [6.07, 6.45) is 0.409. The standard InChI is InChI=1S/C10H18N2O2/c1-7(10(2,3)4)12-6-5-8(13)11-9(12)14/h7H,5-6H2,1-4H3,(H,11,13,14). The van der Waals surface area contributed by atoms with Crippen LogP contribution in [0.4, 0.5) is 4.79 Å². The van der Waals surface area contributed by atoms with Gasteiger partial charge in [0.1, 0.15) is 0 Å². The first kappa shape index (κ1) is 11.0. The summed E-state index contributed by atoms with van der Waals surface area (Å²) < 4.78 is 0. The Balaban J connectivity index is 2.70. The van der Waals surface area contributed by atoms with Gasteiger partial charge in [-0.25, -0.2) is 4.79 Å². The normalized spacial score (nSPS) is 20.7. The Hall–Kier alpha value is -1.06. The summed E-state index contributed by atoms with van der Waals surface area (Å²) in [5.41, 5.74) is 0.0394. The van der Waals surface area contributed by atoms with E-state index < -0.39 is 0 Å². The molecule has 3 amide bonds. The number of imide groups is 1. The number of carbonyl (C=O) groups is 2. The van der Waals surface area contributed by atoms with Crippen molar-refractivity contribution in [2.24, 2.45) is 5.41 Å². The van der Waals surface area contributed by atoms with Crippen LogP contribution in [0.2, 0.25) is 0 Å². The summed E-state index contributed by atoms with van der Waals surface area (Å²) in [5.74, 6) is -0.174. The number of nitrogens with zero attached hydrogens (tertiary/aromatic N) is 1. The molecule has 80 valence electrons. The average molecular weight is 198 g/mol. The van der Waals surface area contributed by atoms with Gasteiger partial charge in [-0.1, -0.05) is 20.8 Å². The molecule has 1 N–H and O–H groups in total. The van der Waals surface area contributed by atoms with E-state index in [0.717, 1.165) is 0 Å². The molecular formula is C10H18N2O2. The maximum atomic E-state index is 11.5. The monoisotopic (exact) mass is 198 g/mol. The first-order valence-corrected chi connectivity index (χ1v) is 4.93. The van der Waals surface area contributed by atoms with Crippen molar-refractivity contribution in [1.82, 2.24) is 10.2 Å². The summed E-state index contributed by atoms with van der Waals surface area (Å²) in [6.45, 7) is 8.79. The van der Waals surface area contributed by atoms with Crippen molar-refractivity contribution in [3.63, 3.8) is 0 Å². The van der Waals surface area contributed by atoms with Crippen molar-refractivity contribution < 1.29 is 9.59 Å². The predicted octanol–water partition coefficient (Wildman–Crippen LogP) is 1.36. The number of urea groups is 1. The molecule has 1 aliphatic rings. The fourth-order valence-corrected chi connectivity index (χ4v) is 1.41. The highest BCUT2D eigenvalue weighted by atomic mass is 16.2. The lowest BCUT2D eigenvalue weighted by molar-refractivity contribution is -0.122. The molecular weight excluding hydrogens is 180 g/mol. The van der Waals surface area contributed by atoms with Crippen LogP contribution in [0, 0.1) is 5.41 Å². The minimum Gasteiger partial charge on any atom is -0.321 e. The average Bonchev–Trinajstić information content (AvgIpc) is 2.01. The molecule has 0 aliphatic carbocycles. The van der Waals surface area contributed by atoms with Crippen LogP contribution in [0.25, 0.3) is 0 Å². The maximum Gasteiger partial charge on any atom is 0.324 e. The third-order valence-corrected chi connectivity index (χ3v) is 2.81. The smallest absolute Gasteiger partial charge is 0.321 e. The first-order valence-electron chi connectivity index (χ1n) is 4.93. The minimum atomic E-state index is -0.260. The van der Waals surface area contributed by atoms with Gasteiger partial charge in [0.25, 0.3) is 0 Å². The fourth-order valence-electron chi connectivity index (χ4n) is 1.41. The number of nitrogens with one attached hydrogen (secondary N) is 1. The summed E-state index contributed by atoms with van der Waals surface area (Å²) >= 11 is 0. The fraction of sp³-hybridized carbons (Fsp3) is 0.800. The molecule has 4 heteroatoms. The molecule has 0 aromatic carbocycles. The zero-order valence-electron chi connectivity index (χ0n) is 9.26. The van der Waals surface area contributed by atoms with Crippen molar-refractivity contribution in [2.75, 3.05) is 6.54 Å². The van der Waals surface area contributed by atoms with Gasteiger partial charge in [0.2, 0.25) is 5.91 Å². The molecule has 0 aromatic rings.